The Morgan fingerprint density at radius 3 is 2.71 bits per heavy atom. The first-order valence-electron chi connectivity index (χ1n) is 6.98. The van der Waals surface area contributed by atoms with Gasteiger partial charge in [-0.25, -0.2) is 0 Å². The van der Waals surface area contributed by atoms with Crippen LogP contribution in [-0.4, -0.2) is 16.3 Å². The maximum Gasteiger partial charge on any atom is 0.288 e. The fraction of sp³-hybridized carbons (Fsp3) is 0.125. The van der Waals surface area contributed by atoms with Crippen LogP contribution in [0.1, 0.15) is 16.7 Å². The Morgan fingerprint density at radius 2 is 2.04 bits per heavy atom. The van der Waals surface area contributed by atoms with E-state index in [1.807, 2.05) is 32.0 Å². The van der Waals surface area contributed by atoms with Crippen molar-refractivity contribution >= 4 is 46.5 Å². The van der Waals surface area contributed by atoms with Crippen molar-refractivity contribution < 1.29 is 4.92 Å². The van der Waals surface area contributed by atoms with Crippen LogP contribution in [0.25, 0.3) is 0 Å². The van der Waals surface area contributed by atoms with Gasteiger partial charge in [-0.1, -0.05) is 35.4 Å². The molecule has 2 N–H and O–H groups in total. The van der Waals surface area contributed by atoms with Crippen molar-refractivity contribution in [3.63, 3.8) is 0 Å². The molecule has 0 spiro atoms. The van der Waals surface area contributed by atoms with E-state index in [9.17, 15) is 10.1 Å². The molecule has 0 aliphatic carbocycles. The third-order valence-corrected chi connectivity index (χ3v) is 3.69. The minimum absolute atomic E-state index is 0.0807. The maximum atomic E-state index is 10.8. The summed E-state index contributed by atoms with van der Waals surface area (Å²) in [6, 6.07) is 10.4. The van der Waals surface area contributed by atoms with Crippen molar-refractivity contribution in [2.24, 2.45) is 5.10 Å². The van der Waals surface area contributed by atoms with E-state index in [0.29, 0.717) is 10.7 Å². The van der Waals surface area contributed by atoms with Gasteiger partial charge >= 0.3 is 0 Å². The second-order valence-corrected chi connectivity index (χ2v) is 5.93. The van der Waals surface area contributed by atoms with Crippen molar-refractivity contribution in [3.05, 3.63) is 68.2 Å². The summed E-state index contributed by atoms with van der Waals surface area (Å²) in [5.74, 6) is 0. The smallest absolute Gasteiger partial charge is 0.288 e. The van der Waals surface area contributed by atoms with Crippen LogP contribution in [0, 0.1) is 24.0 Å². The Morgan fingerprint density at radius 1 is 1.29 bits per heavy atom. The maximum absolute atomic E-state index is 10.8. The first kappa shape index (κ1) is 17.8. The molecule has 0 bridgehead atoms. The highest BCUT2D eigenvalue weighted by molar-refractivity contribution is 7.80. The Kier molecular flexibility index (Phi) is 5.83. The molecule has 0 unspecified atom stereocenters. The van der Waals surface area contributed by atoms with Gasteiger partial charge in [0.1, 0.15) is 5.02 Å². The van der Waals surface area contributed by atoms with Gasteiger partial charge in [0.15, 0.2) is 5.11 Å². The second kappa shape index (κ2) is 7.85. The third kappa shape index (κ3) is 4.74. The van der Waals surface area contributed by atoms with E-state index in [1.54, 1.807) is 6.07 Å². The van der Waals surface area contributed by atoms with Crippen LogP contribution in [0.15, 0.2) is 41.5 Å². The minimum atomic E-state index is -0.542. The number of hydrogen-bond acceptors (Lipinski definition) is 4. The van der Waals surface area contributed by atoms with Crippen LogP contribution in [-0.2, 0) is 0 Å². The number of benzene rings is 2. The first-order chi connectivity index (χ1) is 11.4. The van der Waals surface area contributed by atoms with Crippen LogP contribution in [0.2, 0.25) is 5.02 Å². The van der Waals surface area contributed by atoms with Crippen molar-refractivity contribution in [2.45, 2.75) is 13.8 Å². The Balaban J connectivity index is 2.00. The van der Waals surface area contributed by atoms with E-state index in [0.717, 1.165) is 11.3 Å². The molecule has 0 atom stereocenters. The van der Waals surface area contributed by atoms with E-state index in [4.69, 9.17) is 23.8 Å². The molecule has 24 heavy (non-hydrogen) atoms. The standard InChI is InChI=1S/C16H15ClN4O2S/c1-10-3-6-14(11(2)7-10)19-16(24)20-18-9-12-4-5-13(17)15(8-12)21(22)23/h3-9H,1-2H3,(H2,19,20,24). The zero-order chi connectivity index (χ0) is 17.7. The lowest BCUT2D eigenvalue weighted by Gasteiger charge is -2.10. The van der Waals surface area contributed by atoms with Gasteiger partial charge in [0, 0.05) is 17.3 Å². The summed E-state index contributed by atoms with van der Waals surface area (Å²) < 4.78 is 0. The zero-order valence-corrected chi connectivity index (χ0v) is 14.6. The Bertz CT molecular complexity index is 824. The molecule has 6 nitrogen and oxygen atoms in total. The first-order valence-corrected chi connectivity index (χ1v) is 7.76. The SMILES string of the molecule is Cc1ccc(NC(=S)NN=Cc2ccc(Cl)c([N+](=O)[O-])c2)c(C)c1. The molecule has 0 aromatic heterocycles. The summed E-state index contributed by atoms with van der Waals surface area (Å²) in [7, 11) is 0. The predicted molar refractivity (Wildman–Crippen MR) is 101 cm³/mol. The molecule has 0 aliphatic heterocycles. The molecule has 124 valence electrons. The van der Waals surface area contributed by atoms with Gasteiger partial charge in [0.25, 0.3) is 5.69 Å². The summed E-state index contributed by atoms with van der Waals surface area (Å²) in [6.45, 7) is 4.00. The van der Waals surface area contributed by atoms with Crippen molar-refractivity contribution in [1.82, 2.24) is 5.43 Å². The molecule has 0 saturated heterocycles. The van der Waals surface area contributed by atoms with E-state index >= 15 is 0 Å². The molecule has 2 aromatic rings. The van der Waals surface area contributed by atoms with Gasteiger partial charge < -0.3 is 5.32 Å². The van der Waals surface area contributed by atoms with Gasteiger partial charge in [0.05, 0.1) is 11.1 Å². The molecular formula is C16H15ClN4O2S. The molecule has 2 rings (SSSR count). The largest absolute Gasteiger partial charge is 0.331 e. The third-order valence-electron chi connectivity index (χ3n) is 3.18. The van der Waals surface area contributed by atoms with Gasteiger partial charge in [0.2, 0.25) is 0 Å². The summed E-state index contributed by atoms with van der Waals surface area (Å²) in [5.41, 5.74) is 6.15. The lowest BCUT2D eigenvalue weighted by Crippen LogP contribution is -2.24. The summed E-state index contributed by atoms with van der Waals surface area (Å²) in [6.07, 6.45) is 1.43. The number of thiocarbonyl (C=S) groups is 1. The number of aryl methyl sites for hydroxylation is 2. The lowest BCUT2D eigenvalue weighted by atomic mass is 10.1. The van der Waals surface area contributed by atoms with Crippen LogP contribution in [0.4, 0.5) is 11.4 Å². The van der Waals surface area contributed by atoms with Crippen LogP contribution >= 0.6 is 23.8 Å². The van der Waals surface area contributed by atoms with Gasteiger partial charge in [-0.05, 0) is 43.8 Å². The highest BCUT2D eigenvalue weighted by Gasteiger charge is 2.11. The number of hydrogen-bond donors (Lipinski definition) is 2. The molecule has 0 aliphatic rings. The molecule has 0 amide bonds. The fourth-order valence-corrected chi connectivity index (χ4v) is 2.37. The highest BCUT2D eigenvalue weighted by atomic mass is 35.5. The Hall–Kier alpha value is -2.51. The zero-order valence-electron chi connectivity index (χ0n) is 13.0. The summed E-state index contributed by atoms with van der Waals surface area (Å²) >= 11 is 10.9. The average molecular weight is 363 g/mol. The minimum Gasteiger partial charge on any atom is -0.331 e. The number of nitrogens with one attached hydrogen (secondary N) is 2. The Labute approximate surface area is 149 Å². The number of anilines is 1. The normalized spacial score (nSPS) is 10.6. The quantitative estimate of drug-likeness (QED) is 0.369. The average Bonchev–Trinajstić information content (AvgIpc) is 2.51. The number of nitrogens with zero attached hydrogens (tertiary/aromatic N) is 2. The van der Waals surface area contributed by atoms with E-state index in [2.05, 4.69) is 15.8 Å². The molecule has 0 radical (unpaired) electrons. The van der Waals surface area contributed by atoms with E-state index in [1.165, 1.54) is 23.9 Å². The fourth-order valence-electron chi connectivity index (χ4n) is 2.02. The number of nitro groups is 1. The van der Waals surface area contributed by atoms with Crippen LogP contribution in [0.3, 0.4) is 0 Å². The van der Waals surface area contributed by atoms with E-state index in [-0.39, 0.29) is 10.7 Å². The summed E-state index contributed by atoms with van der Waals surface area (Å²) in [5, 5.41) is 18.3. The van der Waals surface area contributed by atoms with Crippen molar-refractivity contribution in [3.8, 4) is 0 Å². The van der Waals surface area contributed by atoms with E-state index < -0.39 is 4.92 Å². The molecule has 0 saturated carbocycles. The topological polar surface area (TPSA) is 79.6 Å². The summed E-state index contributed by atoms with van der Waals surface area (Å²) in [4.78, 5) is 10.3. The number of nitro benzene ring substituents is 1. The number of hydrazone groups is 1. The second-order valence-electron chi connectivity index (χ2n) is 5.11. The molecule has 8 heteroatoms. The van der Waals surface area contributed by atoms with Crippen LogP contribution in [0.5, 0.6) is 0 Å². The van der Waals surface area contributed by atoms with Gasteiger partial charge in [-0.2, -0.15) is 5.10 Å². The lowest BCUT2D eigenvalue weighted by molar-refractivity contribution is -0.384. The number of halogens is 1. The van der Waals surface area contributed by atoms with Gasteiger partial charge in [-0.15, -0.1) is 0 Å². The molecular weight excluding hydrogens is 348 g/mol. The highest BCUT2D eigenvalue weighted by Crippen LogP contribution is 2.24. The number of rotatable bonds is 4. The monoisotopic (exact) mass is 362 g/mol. The van der Waals surface area contributed by atoms with Gasteiger partial charge in [-0.3, -0.25) is 15.5 Å². The predicted octanol–water partition coefficient (Wildman–Crippen LogP) is 4.19. The van der Waals surface area contributed by atoms with Crippen LogP contribution < -0.4 is 10.7 Å². The molecule has 0 heterocycles. The van der Waals surface area contributed by atoms with Crippen molar-refractivity contribution in [2.75, 3.05) is 5.32 Å². The molecule has 2 aromatic carbocycles. The molecule has 0 fully saturated rings. The van der Waals surface area contributed by atoms with Crippen molar-refractivity contribution in [1.29, 1.82) is 0 Å².